The van der Waals surface area contributed by atoms with Gasteiger partial charge in [-0.15, -0.1) is 0 Å². The van der Waals surface area contributed by atoms with Crippen LogP contribution in [0.2, 0.25) is 0 Å². The Morgan fingerprint density at radius 2 is 2.06 bits per heavy atom. The van der Waals surface area contributed by atoms with Gasteiger partial charge in [0.05, 0.1) is 0 Å². The third kappa shape index (κ3) is 7.45. The third-order valence-corrected chi connectivity index (χ3v) is 6.02. The average Bonchev–Trinajstić information content (AvgIpc) is 3.20. The minimum absolute atomic E-state index is 0.000159. The summed E-state index contributed by atoms with van der Waals surface area (Å²) in [6.07, 6.45) is 5.63. The van der Waals surface area contributed by atoms with Crippen molar-refractivity contribution in [3.05, 3.63) is 30.1 Å². The van der Waals surface area contributed by atoms with Gasteiger partial charge in [0, 0.05) is 51.8 Å². The highest BCUT2D eigenvalue weighted by molar-refractivity contribution is 5.86. The van der Waals surface area contributed by atoms with Crippen LogP contribution < -0.4 is 5.32 Å². The van der Waals surface area contributed by atoms with Crippen molar-refractivity contribution in [1.29, 1.82) is 0 Å². The molecule has 178 valence electrons. The van der Waals surface area contributed by atoms with Gasteiger partial charge in [0.2, 0.25) is 5.91 Å². The van der Waals surface area contributed by atoms with Gasteiger partial charge in [0.1, 0.15) is 11.6 Å². The summed E-state index contributed by atoms with van der Waals surface area (Å²) >= 11 is 0. The first kappa shape index (κ1) is 24.5. The number of aromatic nitrogens is 1. The van der Waals surface area contributed by atoms with Crippen LogP contribution in [0.4, 0.5) is 4.79 Å². The molecule has 3 rings (SSSR count). The molecule has 2 aliphatic heterocycles. The van der Waals surface area contributed by atoms with Crippen molar-refractivity contribution in [2.75, 3.05) is 39.9 Å². The fraction of sp³-hybridized carbons (Fsp3) is 0.708. The number of alkyl carbamates (subject to hydrolysis) is 1. The molecule has 0 aromatic carbocycles. The number of pyridine rings is 1. The van der Waals surface area contributed by atoms with Gasteiger partial charge in [-0.2, -0.15) is 0 Å². The van der Waals surface area contributed by atoms with Crippen molar-refractivity contribution in [3.8, 4) is 0 Å². The summed E-state index contributed by atoms with van der Waals surface area (Å²) < 4.78 is 10.9. The second-order valence-corrected chi connectivity index (χ2v) is 10.1. The maximum Gasteiger partial charge on any atom is 0.408 e. The summed E-state index contributed by atoms with van der Waals surface area (Å²) in [5.74, 6) is 0.480. The van der Waals surface area contributed by atoms with E-state index in [1.807, 2.05) is 37.9 Å². The van der Waals surface area contributed by atoms with Gasteiger partial charge >= 0.3 is 6.09 Å². The van der Waals surface area contributed by atoms with Crippen molar-refractivity contribution < 1.29 is 19.1 Å². The Morgan fingerprint density at radius 3 is 2.72 bits per heavy atom. The van der Waals surface area contributed by atoms with E-state index in [1.54, 1.807) is 6.20 Å². The highest BCUT2D eigenvalue weighted by Gasteiger charge is 2.37. The summed E-state index contributed by atoms with van der Waals surface area (Å²) in [5.41, 5.74) is 0.576. The largest absolute Gasteiger partial charge is 0.444 e. The maximum atomic E-state index is 13.5. The predicted molar refractivity (Wildman–Crippen MR) is 122 cm³/mol. The molecule has 1 aromatic heterocycles. The number of carbonyl (C=O) groups excluding carboxylic acids is 2. The fourth-order valence-electron chi connectivity index (χ4n) is 4.55. The van der Waals surface area contributed by atoms with E-state index < -0.39 is 17.7 Å². The van der Waals surface area contributed by atoms with Gasteiger partial charge in [-0.25, -0.2) is 4.79 Å². The normalized spacial score (nSPS) is 20.9. The first-order valence-corrected chi connectivity index (χ1v) is 11.6. The van der Waals surface area contributed by atoms with Gasteiger partial charge in [-0.1, -0.05) is 6.07 Å². The van der Waals surface area contributed by atoms with Crippen LogP contribution in [0.1, 0.15) is 45.6 Å². The highest BCUT2D eigenvalue weighted by atomic mass is 16.6. The molecule has 1 aromatic rings. The quantitative estimate of drug-likeness (QED) is 0.693. The van der Waals surface area contributed by atoms with Gasteiger partial charge in [0.15, 0.2) is 0 Å². The predicted octanol–water partition coefficient (Wildman–Crippen LogP) is 2.68. The van der Waals surface area contributed by atoms with Crippen LogP contribution in [0.5, 0.6) is 0 Å². The lowest BCUT2D eigenvalue weighted by Crippen LogP contribution is -2.53. The Bertz CT molecular complexity index is 746. The smallest absolute Gasteiger partial charge is 0.408 e. The number of hydrogen-bond acceptors (Lipinski definition) is 6. The Balaban J connectivity index is 1.57. The molecule has 0 aliphatic carbocycles. The maximum absolute atomic E-state index is 13.5. The minimum atomic E-state index is -0.606. The molecule has 2 unspecified atom stereocenters. The second kappa shape index (κ2) is 11.1. The Labute approximate surface area is 191 Å². The van der Waals surface area contributed by atoms with Crippen LogP contribution in [0.25, 0.3) is 0 Å². The number of rotatable bonds is 7. The van der Waals surface area contributed by atoms with Crippen LogP contribution in [-0.2, 0) is 20.8 Å². The van der Waals surface area contributed by atoms with E-state index in [0.717, 1.165) is 38.9 Å². The van der Waals surface area contributed by atoms with Gasteiger partial charge < -0.3 is 24.6 Å². The zero-order chi connectivity index (χ0) is 23.1. The fourth-order valence-corrected chi connectivity index (χ4v) is 4.55. The molecule has 2 amide bonds. The summed E-state index contributed by atoms with van der Waals surface area (Å²) in [6, 6.07) is 3.46. The van der Waals surface area contributed by atoms with E-state index in [4.69, 9.17) is 9.47 Å². The molecule has 0 radical (unpaired) electrons. The molecule has 0 spiro atoms. The van der Waals surface area contributed by atoms with Gasteiger partial charge in [-0.3, -0.25) is 9.78 Å². The number of likely N-dealkylation sites (tertiary alicyclic amines) is 1. The average molecular weight is 447 g/mol. The van der Waals surface area contributed by atoms with Crippen LogP contribution in [0.15, 0.2) is 24.5 Å². The van der Waals surface area contributed by atoms with Crippen molar-refractivity contribution in [2.24, 2.45) is 11.8 Å². The van der Waals surface area contributed by atoms with Crippen molar-refractivity contribution >= 4 is 12.0 Å². The molecule has 1 N–H and O–H groups in total. The zero-order valence-electron chi connectivity index (χ0n) is 19.9. The Kier molecular flexibility index (Phi) is 8.48. The first-order valence-electron chi connectivity index (χ1n) is 11.6. The zero-order valence-corrected chi connectivity index (χ0v) is 19.9. The number of amides is 2. The van der Waals surface area contributed by atoms with E-state index in [9.17, 15) is 9.59 Å². The SMILES string of the molecule is CN(Cc1cccnc1)CC1CCN(C(=O)C(NC(=O)OC(C)(C)C)C2CCOCC2)C1. The molecule has 2 fully saturated rings. The third-order valence-electron chi connectivity index (χ3n) is 6.02. The van der Waals surface area contributed by atoms with Crippen molar-refractivity contribution in [1.82, 2.24) is 20.1 Å². The minimum Gasteiger partial charge on any atom is -0.444 e. The monoisotopic (exact) mass is 446 g/mol. The molecule has 0 saturated carbocycles. The molecule has 32 heavy (non-hydrogen) atoms. The number of nitrogens with zero attached hydrogens (tertiary/aromatic N) is 3. The highest BCUT2D eigenvalue weighted by Crippen LogP contribution is 2.25. The molecule has 2 atom stereocenters. The standard InChI is InChI=1S/C24H38N4O4/c1-24(2,3)32-23(30)26-21(20-8-12-31-13-9-20)22(29)28-11-7-19(17-28)16-27(4)15-18-6-5-10-25-14-18/h5-6,10,14,19-21H,7-9,11-13,15-17H2,1-4H3,(H,26,30). The van der Waals surface area contributed by atoms with Crippen LogP contribution in [0, 0.1) is 11.8 Å². The summed E-state index contributed by atoms with van der Waals surface area (Å²) in [7, 11) is 2.10. The number of nitrogens with one attached hydrogen (secondary N) is 1. The van der Waals surface area contributed by atoms with Crippen LogP contribution >= 0.6 is 0 Å². The molecule has 8 nitrogen and oxygen atoms in total. The summed E-state index contributed by atoms with van der Waals surface area (Å²) in [6.45, 7) is 9.90. The van der Waals surface area contributed by atoms with E-state index in [2.05, 4.69) is 28.3 Å². The molecule has 2 saturated heterocycles. The number of ether oxygens (including phenoxy) is 2. The van der Waals surface area contributed by atoms with E-state index in [0.29, 0.717) is 25.7 Å². The van der Waals surface area contributed by atoms with Crippen LogP contribution in [-0.4, -0.2) is 78.3 Å². The molecular formula is C24H38N4O4. The second-order valence-electron chi connectivity index (χ2n) is 10.1. The van der Waals surface area contributed by atoms with Gasteiger partial charge in [-0.05, 0) is 70.5 Å². The number of carbonyl (C=O) groups is 2. The first-order chi connectivity index (χ1) is 15.2. The lowest BCUT2D eigenvalue weighted by atomic mass is 9.91. The topological polar surface area (TPSA) is 84.0 Å². The number of hydrogen-bond donors (Lipinski definition) is 1. The summed E-state index contributed by atoms with van der Waals surface area (Å²) in [5, 5.41) is 2.88. The Morgan fingerprint density at radius 1 is 1.31 bits per heavy atom. The Hall–Kier alpha value is -2.19. The van der Waals surface area contributed by atoms with Gasteiger partial charge in [0.25, 0.3) is 0 Å². The van der Waals surface area contributed by atoms with Crippen molar-refractivity contribution in [2.45, 2.75) is 58.2 Å². The molecule has 0 bridgehead atoms. The molecule has 3 heterocycles. The van der Waals surface area contributed by atoms with E-state index in [1.165, 1.54) is 5.56 Å². The molecular weight excluding hydrogens is 408 g/mol. The lowest BCUT2D eigenvalue weighted by molar-refractivity contribution is -0.135. The molecule has 2 aliphatic rings. The van der Waals surface area contributed by atoms with Crippen LogP contribution in [0.3, 0.4) is 0 Å². The molecule has 8 heteroatoms. The lowest BCUT2D eigenvalue weighted by Gasteiger charge is -2.33. The van der Waals surface area contributed by atoms with Crippen molar-refractivity contribution in [3.63, 3.8) is 0 Å². The van der Waals surface area contributed by atoms with E-state index >= 15 is 0 Å². The van der Waals surface area contributed by atoms with E-state index in [-0.39, 0.29) is 11.8 Å². The summed E-state index contributed by atoms with van der Waals surface area (Å²) in [4.78, 5) is 34.3.